The van der Waals surface area contributed by atoms with E-state index in [9.17, 15) is 36.4 Å². The number of carbonyl (C=O) groups excluding carboxylic acids is 4. The van der Waals surface area contributed by atoms with Crippen molar-refractivity contribution >= 4 is 39.5 Å². The van der Waals surface area contributed by atoms with Crippen molar-refractivity contribution in [3.63, 3.8) is 0 Å². The fourth-order valence-electron chi connectivity index (χ4n) is 8.02. The number of halogens is 2. The third kappa shape index (κ3) is 9.67. The summed E-state index contributed by atoms with van der Waals surface area (Å²) < 4.78 is 60.5. The van der Waals surface area contributed by atoms with E-state index in [1.165, 1.54) is 36.4 Å². The van der Waals surface area contributed by atoms with E-state index in [0.29, 0.717) is 50.3 Å². The van der Waals surface area contributed by atoms with Crippen molar-refractivity contribution in [2.45, 2.75) is 108 Å². The average Bonchev–Trinajstić information content (AvgIpc) is 3.56. The normalized spacial score (nSPS) is 23.4. The molecule has 3 atom stereocenters. The Hall–Kier alpha value is -4.07. The Labute approximate surface area is 304 Å². The van der Waals surface area contributed by atoms with Crippen LogP contribution in [0.15, 0.2) is 53.4 Å². The maximum atomic E-state index is 14.1. The highest BCUT2D eigenvalue weighted by Gasteiger charge is 2.47. The Balaban J connectivity index is 1.24. The molecule has 2 aliphatic carbocycles. The molecule has 52 heavy (non-hydrogen) atoms. The lowest BCUT2D eigenvalue weighted by molar-refractivity contribution is -0.142. The summed E-state index contributed by atoms with van der Waals surface area (Å²) in [4.78, 5) is 54.3. The van der Waals surface area contributed by atoms with Gasteiger partial charge in [-0.15, -0.1) is 0 Å². The van der Waals surface area contributed by atoms with Crippen molar-refractivity contribution in [3.05, 3.63) is 59.9 Å². The molecule has 3 fully saturated rings. The number of ether oxygens (including phenoxy) is 1. The molecule has 0 aromatic heterocycles. The van der Waals surface area contributed by atoms with Crippen LogP contribution in [0.1, 0.15) is 95.3 Å². The lowest BCUT2D eigenvalue weighted by atomic mass is 9.76. The summed E-state index contributed by atoms with van der Waals surface area (Å²) in [7, 11) is -4.46. The molecule has 0 unspecified atom stereocenters. The third-order valence-corrected chi connectivity index (χ3v) is 11.9. The van der Waals surface area contributed by atoms with Gasteiger partial charge in [-0.1, -0.05) is 44.2 Å². The van der Waals surface area contributed by atoms with E-state index in [-0.39, 0.29) is 35.1 Å². The number of rotatable bonds is 10. The molecule has 0 spiro atoms. The zero-order valence-corrected chi connectivity index (χ0v) is 30.9. The Morgan fingerprint density at radius 3 is 2.17 bits per heavy atom. The van der Waals surface area contributed by atoms with E-state index >= 15 is 0 Å². The molecule has 3 N–H and O–H groups in total. The largest absolute Gasteiger partial charge is 0.444 e. The minimum atomic E-state index is -4.46. The summed E-state index contributed by atoms with van der Waals surface area (Å²) in [6, 6.07) is 9.01. The molecular weight excluding hydrogens is 695 g/mol. The van der Waals surface area contributed by atoms with E-state index in [2.05, 4.69) is 10.6 Å². The van der Waals surface area contributed by atoms with Crippen molar-refractivity contribution in [1.29, 1.82) is 0 Å². The lowest BCUT2D eigenvalue weighted by Gasteiger charge is -2.37. The van der Waals surface area contributed by atoms with Crippen LogP contribution in [-0.4, -0.2) is 68.0 Å². The number of alkyl carbamates (subject to hydrolysis) is 1. The number of amides is 4. The van der Waals surface area contributed by atoms with Gasteiger partial charge < -0.3 is 20.3 Å². The Morgan fingerprint density at radius 2 is 1.56 bits per heavy atom. The number of nitrogens with one attached hydrogen (secondary N) is 3. The number of hydrogen-bond acceptors (Lipinski definition) is 7. The molecular formula is C38H50F2N4O7S. The van der Waals surface area contributed by atoms with Crippen LogP contribution in [0.25, 0.3) is 0 Å². The second kappa shape index (κ2) is 16.7. The van der Waals surface area contributed by atoms with Gasteiger partial charge in [-0.3, -0.25) is 14.4 Å². The van der Waals surface area contributed by atoms with Gasteiger partial charge >= 0.3 is 6.09 Å². The van der Waals surface area contributed by atoms with E-state index in [1.807, 2.05) is 4.72 Å². The van der Waals surface area contributed by atoms with Crippen LogP contribution in [0.4, 0.5) is 19.3 Å². The number of nitrogens with zero attached hydrogens (tertiary/aromatic N) is 1. The third-order valence-electron chi connectivity index (χ3n) is 10.6. The minimum absolute atomic E-state index is 0.0109. The van der Waals surface area contributed by atoms with Gasteiger partial charge in [-0.2, -0.15) is 0 Å². The van der Waals surface area contributed by atoms with E-state index in [1.54, 1.807) is 25.7 Å². The molecule has 1 heterocycles. The summed E-state index contributed by atoms with van der Waals surface area (Å²) >= 11 is 0. The first-order valence-corrected chi connectivity index (χ1v) is 19.7. The summed E-state index contributed by atoms with van der Waals surface area (Å²) in [6.07, 6.45) is 7.49. The van der Waals surface area contributed by atoms with Gasteiger partial charge in [0.15, 0.2) is 0 Å². The van der Waals surface area contributed by atoms with Crippen molar-refractivity contribution in [3.8, 4) is 0 Å². The minimum Gasteiger partial charge on any atom is -0.444 e. The first kappa shape index (κ1) is 39.1. The Bertz CT molecular complexity index is 1700. The van der Waals surface area contributed by atoms with Crippen LogP contribution in [0.3, 0.4) is 0 Å². The molecule has 4 amide bonds. The van der Waals surface area contributed by atoms with Crippen LogP contribution in [0, 0.1) is 29.5 Å². The predicted octanol–water partition coefficient (Wildman–Crippen LogP) is 6.35. The topological polar surface area (TPSA) is 151 Å². The smallest absolute Gasteiger partial charge is 0.407 e. The van der Waals surface area contributed by atoms with Crippen LogP contribution in [-0.2, 0) is 24.3 Å². The first-order chi connectivity index (χ1) is 24.7. The van der Waals surface area contributed by atoms with Crippen molar-refractivity contribution in [1.82, 2.24) is 14.9 Å². The number of hydrogen-bond donors (Lipinski definition) is 3. The number of carbonyl (C=O) groups is 4. The number of likely N-dealkylation sites (tertiary alicyclic amines) is 1. The number of benzene rings is 2. The van der Waals surface area contributed by atoms with Crippen molar-refractivity contribution in [2.24, 2.45) is 23.7 Å². The van der Waals surface area contributed by atoms with Crippen LogP contribution < -0.4 is 15.4 Å². The second-order valence-electron chi connectivity index (χ2n) is 15.3. The zero-order valence-electron chi connectivity index (χ0n) is 30.0. The highest BCUT2D eigenvalue weighted by atomic mass is 32.2. The number of sulfonamides is 1. The van der Waals surface area contributed by atoms with Gasteiger partial charge in [0.1, 0.15) is 29.0 Å². The summed E-state index contributed by atoms with van der Waals surface area (Å²) in [6.45, 7) is 4.94. The summed E-state index contributed by atoms with van der Waals surface area (Å²) in [5.74, 6) is -2.52. The van der Waals surface area contributed by atoms with Gasteiger partial charge in [0, 0.05) is 23.7 Å². The average molecular weight is 745 g/mol. The monoisotopic (exact) mass is 744 g/mol. The van der Waals surface area contributed by atoms with Gasteiger partial charge in [0.25, 0.3) is 15.9 Å². The van der Waals surface area contributed by atoms with Gasteiger partial charge in [0.2, 0.25) is 11.8 Å². The van der Waals surface area contributed by atoms with Crippen LogP contribution in [0.2, 0.25) is 0 Å². The van der Waals surface area contributed by atoms with E-state index < -0.39 is 57.1 Å². The van der Waals surface area contributed by atoms with Gasteiger partial charge in [-0.05, 0) is 107 Å². The quantitative estimate of drug-likeness (QED) is 0.257. The van der Waals surface area contributed by atoms with Crippen molar-refractivity contribution < 1.29 is 41.1 Å². The molecule has 1 aliphatic heterocycles. The molecule has 2 aromatic carbocycles. The fraction of sp³-hybridized carbons (Fsp3) is 0.579. The number of anilines is 1. The van der Waals surface area contributed by atoms with E-state index in [0.717, 1.165) is 44.2 Å². The maximum absolute atomic E-state index is 14.1. The first-order valence-electron chi connectivity index (χ1n) is 18.3. The van der Waals surface area contributed by atoms with Crippen LogP contribution in [0.5, 0.6) is 0 Å². The second-order valence-corrected chi connectivity index (χ2v) is 16.9. The Kier molecular flexibility index (Phi) is 12.6. The molecule has 3 aliphatic rings. The van der Waals surface area contributed by atoms with Crippen molar-refractivity contribution in [2.75, 3.05) is 18.5 Å². The predicted molar refractivity (Wildman–Crippen MR) is 191 cm³/mol. The standard InChI is InChI=1S/C38H50F2N4O7S/c1-38(2,3)51-37(48)42-31(23-39)25-13-15-27(16-14-25)36(47)44-22-21-29(24-9-5-4-6-10-24)33(44)35(46)41-28-19-17-26(18-20-28)34(45)43-52(49,50)32-12-8-7-11-30(32)40/h7-8,11-12,17-20,24-25,27,29,31,33H,4-6,9-10,13-16,21-23H2,1-3H3,(H,41,46)(H,42,48)(H,43,45)/t25?,27?,29-,31+,33-/m0/s1. The molecule has 11 nitrogen and oxygen atoms in total. The molecule has 2 saturated carbocycles. The highest BCUT2D eigenvalue weighted by molar-refractivity contribution is 7.90. The molecule has 0 bridgehead atoms. The summed E-state index contributed by atoms with van der Waals surface area (Å²) in [5, 5.41) is 5.59. The van der Waals surface area contributed by atoms with Crippen LogP contribution >= 0.6 is 0 Å². The fourth-order valence-corrected chi connectivity index (χ4v) is 9.07. The lowest BCUT2D eigenvalue weighted by Crippen LogP contribution is -2.50. The maximum Gasteiger partial charge on any atom is 0.407 e. The molecule has 1 saturated heterocycles. The molecule has 5 rings (SSSR count). The van der Waals surface area contributed by atoms with Gasteiger partial charge in [0.05, 0.1) is 6.04 Å². The zero-order chi connectivity index (χ0) is 37.6. The molecule has 0 radical (unpaired) electrons. The SMILES string of the molecule is CC(C)(C)OC(=O)N[C@H](CF)C1CCC(C(=O)N2CC[C@@H](C3CCCCC3)[C@H]2C(=O)Nc2ccc(C(=O)NS(=O)(=O)c3ccccc3F)cc2)CC1. The molecule has 2 aromatic rings. The molecule has 14 heteroatoms. The molecule has 284 valence electrons. The van der Waals surface area contributed by atoms with E-state index in [4.69, 9.17) is 4.74 Å². The Morgan fingerprint density at radius 1 is 0.904 bits per heavy atom. The highest BCUT2D eigenvalue weighted by Crippen LogP contribution is 2.41. The van der Waals surface area contributed by atoms with Gasteiger partial charge in [-0.25, -0.2) is 26.7 Å². The summed E-state index contributed by atoms with van der Waals surface area (Å²) in [5.41, 5.74) is -0.349. The number of alkyl halides is 1.